The van der Waals surface area contributed by atoms with Crippen molar-refractivity contribution in [1.82, 2.24) is 0 Å². The summed E-state index contributed by atoms with van der Waals surface area (Å²) in [6.45, 7) is 2.27. The van der Waals surface area contributed by atoms with E-state index in [2.05, 4.69) is 31.2 Å². The van der Waals surface area contributed by atoms with Crippen LogP contribution in [-0.2, 0) is 32.1 Å². The average Bonchev–Trinajstić information content (AvgIpc) is 3.06. The van der Waals surface area contributed by atoms with Crippen LogP contribution in [0.1, 0.15) is 54.0 Å². The molecule has 0 aliphatic heterocycles. The Bertz CT molecular complexity index is 742. The number of fused-ring (bicyclic) bond motifs is 2. The van der Waals surface area contributed by atoms with Crippen LogP contribution in [0.3, 0.4) is 0 Å². The van der Waals surface area contributed by atoms with Crippen molar-refractivity contribution in [2.24, 2.45) is 0 Å². The summed E-state index contributed by atoms with van der Waals surface area (Å²) in [7, 11) is 1.81. The van der Waals surface area contributed by atoms with Crippen molar-refractivity contribution in [2.75, 3.05) is 7.11 Å². The van der Waals surface area contributed by atoms with E-state index in [-0.39, 0.29) is 0 Å². The number of benzene rings is 2. The van der Waals surface area contributed by atoms with Gasteiger partial charge in [-0.2, -0.15) is 0 Å². The van der Waals surface area contributed by atoms with E-state index in [0.29, 0.717) is 0 Å². The summed E-state index contributed by atoms with van der Waals surface area (Å²) >= 11 is 0. The van der Waals surface area contributed by atoms with Gasteiger partial charge in [-0.25, -0.2) is 0 Å². The smallest absolute Gasteiger partial charge is 0.126 e. The molecule has 2 aliphatic carbocycles. The van der Waals surface area contributed by atoms with E-state index in [9.17, 15) is 0 Å². The molecule has 2 aromatic carbocycles. The normalized spacial score (nSPS) is 16.1. The van der Waals surface area contributed by atoms with Gasteiger partial charge in [0.05, 0.1) is 7.11 Å². The molecule has 120 valence electrons. The molecular weight excluding hydrogens is 280 g/mol. The van der Waals surface area contributed by atoms with Crippen LogP contribution in [-0.4, -0.2) is 7.11 Å². The maximum atomic E-state index is 5.78. The Morgan fingerprint density at radius 3 is 1.96 bits per heavy atom. The number of hydrogen-bond donors (Lipinski definition) is 0. The van der Waals surface area contributed by atoms with E-state index >= 15 is 0 Å². The Hall–Kier alpha value is -1.76. The molecule has 0 bridgehead atoms. The van der Waals surface area contributed by atoms with E-state index in [1.54, 1.807) is 11.1 Å². The SMILES string of the molecule is CCc1cc2c(cc1-c1cc3c(cc1OC)CCCC3)CCC2. The highest BCUT2D eigenvalue weighted by atomic mass is 16.5. The number of rotatable bonds is 3. The summed E-state index contributed by atoms with van der Waals surface area (Å²) in [5.74, 6) is 1.05. The number of methoxy groups -OCH3 is 1. The molecule has 23 heavy (non-hydrogen) atoms. The first kappa shape index (κ1) is 14.8. The lowest BCUT2D eigenvalue weighted by Gasteiger charge is -2.21. The Balaban J connectivity index is 1.90. The van der Waals surface area contributed by atoms with Crippen LogP contribution in [0, 0.1) is 0 Å². The molecule has 0 amide bonds. The van der Waals surface area contributed by atoms with Crippen molar-refractivity contribution in [3.8, 4) is 16.9 Å². The van der Waals surface area contributed by atoms with Crippen molar-refractivity contribution in [1.29, 1.82) is 0 Å². The lowest BCUT2D eigenvalue weighted by molar-refractivity contribution is 0.415. The first-order valence-electron chi connectivity index (χ1n) is 9.15. The zero-order valence-corrected chi connectivity index (χ0v) is 14.4. The van der Waals surface area contributed by atoms with Crippen LogP contribution in [0.2, 0.25) is 0 Å². The summed E-state index contributed by atoms with van der Waals surface area (Å²) in [5.41, 5.74) is 10.3. The molecule has 1 heteroatoms. The second-order valence-electron chi connectivity index (χ2n) is 7.01. The molecule has 0 fully saturated rings. The van der Waals surface area contributed by atoms with Crippen LogP contribution < -0.4 is 4.74 Å². The number of ether oxygens (including phenoxy) is 1. The molecule has 0 N–H and O–H groups in total. The molecule has 0 atom stereocenters. The molecule has 0 saturated carbocycles. The van der Waals surface area contributed by atoms with Gasteiger partial charge in [-0.1, -0.05) is 19.1 Å². The Morgan fingerprint density at radius 2 is 1.30 bits per heavy atom. The van der Waals surface area contributed by atoms with E-state index in [0.717, 1.165) is 12.2 Å². The maximum Gasteiger partial charge on any atom is 0.126 e. The van der Waals surface area contributed by atoms with Crippen LogP contribution in [0.5, 0.6) is 5.75 Å². The van der Waals surface area contributed by atoms with Gasteiger partial charge in [0, 0.05) is 5.56 Å². The molecular formula is C22H26O. The standard InChI is InChI=1S/C22H26O/c1-3-15-11-16-9-6-10-18(16)12-20(15)21-13-17-7-4-5-8-19(17)14-22(21)23-2/h11-14H,3-10H2,1-2H3. The second-order valence-corrected chi connectivity index (χ2v) is 7.01. The molecule has 4 rings (SSSR count). The summed E-state index contributed by atoms with van der Waals surface area (Å²) in [4.78, 5) is 0. The van der Waals surface area contributed by atoms with Gasteiger partial charge in [0.25, 0.3) is 0 Å². The van der Waals surface area contributed by atoms with Gasteiger partial charge in [-0.05, 0) is 96.9 Å². The molecule has 0 heterocycles. The first-order valence-corrected chi connectivity index (χ1v) is 9.15. The Morgan fingerprint density at radius 1 is 0.739 bits per heavy atom. The van der Waals surface area contributed by atoms with Crippen molar-refractivity contribution >= 4 is 0 Å². The molecule has 1 nitrogen and oxygen atoms in total. The van der Waals surface area contributed by atoms with Gasteiger partial charge in [0.2, 0.25) is 0 Å². The molecule has 0 saturated heterocycles. The minimum absolute atomic E-state index is 1.05. The predicted molar refractivity (Wildman–Crippen MR) is 96.5 cm³/mol. The fraction of sp³-hybridized carbons (Fsp3) is 0.455. The topological polar surface area (TPSA) is 9.23 Å². The summed E-state index contributed by atoms with van der Waals surface area (Å²) in [6, 6.07) is 9.63. The summed E-state index contributed by atoms with van der Waals surface area (Å²) < 4.78 is 5.78. The quantitative estimate of drug-likeness (QED) is 0.748. The third-order valence-corrected chi connectivity index (χ3v) is 5.65. The largest absolute Gasteiger partial charge is 0.496 e. The van der Waals surface area contributed by atoms with Crippen LogP contribution in [0.4, 0.5) is 0 Å². The highest BCUT2D eigenvalue weighted by Crippen LogP contribution is 2.39. The highest BCUT2D eigenvalue weighted by Gasteiger charge is 2.19. The van der Waals surface area contributed by atoms with Crippen LogP contribution >= 0.6 is 0 Å². The number of hydrogen-bond acceptors (Lipinski definition) is 1. The lowest BCUT2D eigenvalue weighted by atomic mass is 9.86. The zero-order valence-electron chi connectivity index (χ0n) is 14.4. The fourth-order valence-corrected chi connectivity index (χ4v) is 4.36. The minimum Gasteiger partial charge on any atom is -0.496 e. The van der Waals surface area contributed by atoms with Crippen molar-refractivity contribution in [2.45, 2.75) is 58.3 Å². The molecule has 0 aromatic heterocycles. The fourth-order valence-electron chi connectivity index (χ4n) is 4.36. The van der Waals surface area contributed by atoms with Gasteiger partial charge in [0.15, 0.2) is 0 Å². The zero-order chi connectivity index (χ0) is 15.8. The van der Waals surface area contributed by atoms with Crippen molar-refractivity contribution in [3.63, 3.8) is 0 Å². The van der Waals surface area contributed by atoms with Crippen LogP contribution in [0.25, 0.3) is 11.1 Å². The van der Waals surface area contributed by atoms with E-state index in [1.807, 2.05) is 7.11 Å². The monoisotopic (exact) mass is 306 g/mol. The molecule has 0 radical (unpaired) electrons. The van der Waals surface area contributed by atoms with Gasteiger partial charge < -0.3 is 4.74 Å². The number of aryl methyl sites for hydroxylation is 5. The van der Waals surface area contributed by atoms with E-state index in [1.165, 1.54) is 72.8 Å². The Labute approximate surface area is 139 Å². The second kappa shape index (κ2) is 6.03. The van der Waals surface area contributed by atoms with Gasteiger partial charge in [-0.15, -0.1) is 0 Å². The minimum atomic E-state index is 1.05. The predicted octanol–water partition coefficient (Wildman–Crippen LogP) is 5.29. The molecule has 0 spiro atoms. The summed E-state index contributed by atoms with van der Waals surface area (Å²) in [6.07, 6.45) is 9.95. The third-order valence-electron chi connectivity index (χ3n) is 5.65. The summed E-state index contributed by atoms with van der Waals surface area (Å²) in [5, 5.41) is 0. The van der Waals surface area contributed by atoms with Gasteiger partial charge in [-0.3, -0.25) is 0 Å². The first-order chi connectivity index (χ1) is 11.3. The average molecular weight is 306 g/mol. The highest BCUT2D eigenvalue weighted by molar-refractivity contribution is 5.76. The van der Waals surface area contributed by atoms with Gasteiger partial charge >= 0.3 is 0 Å². The molecule has 2 aromatic rings. The van der Waals surface area contributed by atoms with Crippen molar-refractivity contribution < 1.29 is 4.74 Å². The molecule has 0 unspecified atom stereocenters. The Kier molecular flexibility index (Phi) is 3.88. The van der Waals surface area contributed by atoms with Crippen molar-refractivity contribution in [3.05, 3.63) is 52.1 Å². The maximum absolute atomic E-state index is 5.78. The lowest BCUT2D eigenvalue weighted by Crippen LogP contribution is -2.04. The van der Waals surface area contributed by atoms with E-state index < -0.39 is 0 Å². The van der Waals surface area contributed by atoms with E-state index in [4.69, 9.17) is 4.74 Å². The third kappa shape index (κ3) is 2.56. The molecule has 2 aliphatic rings. The van der Waals surface area contributed by atoms with Gasteiger partial charge in [0.1, 0.15) is 5.75 Å². The van der Waals surface area contributed by atoms with Crippen LogP contribution in [0.15, 0.2) is 24.3 Å².